The smallest absolute Gasteiger partial charge is 0.256 e. The van der Waals surface area contributed by atoms with Gasteiger partial charge in [-0.2, -0.15) is 5.10 Å². The van der Waals surface area contributed by atoms with E-state index in [1.54, 1.807) is 41.2 Å². The average molecular weight is 384 g/mol. The highest BCUT2D eigenvalue weighted by atomic mass is 16.1. The molecule has 0 aliphatic heterocycles. The second-order valence-corrected chi connectivity index (χ2v) is 6.71. The monoisotopic (exact) mass is 384 g/mol. The summed E-state index contributed by atoms with van der Waals surface area (Å²) in [6.07, 6.45) is 1.67. The molecule has 6 heteroatoms. The van der Waals surface area contributed by atoms with E-state index in [1.807, 2.05) is 37.3 Å². The largest absolute Gasteiger partial charge is 0.322 e. The Morgan fingerprint density at radius 2 is 1.76 bits per heavy atom. The van der Waals surface area contributed by atoms with Gasteiger partial charge in [0.25, 0.3) is 5.91 Å². The molecule has 144 valence electrons. The van der Waals surface area contributed by atoms with Gasteiger partial charge in [0.2, 0.25) is 0 Å². The van der Waals surface area contributed by atoms with E-state index in [0.717, 1.165) is 5.56 Å². The molecule has 4 aromatic rings. The second-order valence-electron chi connectivity index (χ2n) is 6.71. The number of Topliss-reactive ketones (excluding diaryl/α,β-unsaturated/α-hetero) is 1. The Balaban J connectivity index is 1.76. The Hall–Kier alpha value is -3.80. The zero-order chi connectivity index (χ0) is 20.4. The third kappa shape index (κ3) is 3.65. The van der Waals surface area contributed by atoms with Crippen molar-refractivity contribution in [2.24, 2.45) is 0 Å². The van der Waals surface area contributed by atoms with Crippen molar-refractivity contribution in [2.75, 3.05) is 5.32 Å². The van der Waals surface area contributed by atoms with Crippen LogP contribution in [0.4, 0.5) is 5.69 Å². The molecule has 0 radical (unpaired) electrons. The summed E-state index contributed by atoms with van der Waals surface area (Å²) >= 11 is 0. The van der Waals surface area contributed by atoms with Gasteiger partial charge in [-0.05, 0) is 44.2 Å². The fourth-order valence-corrected chi connectivity index (χ4v) is 3.21. The number of pyridine rings is 1. The van der Waals surface area contributed by atoms with Crippen molar-refractivity contribution in [2.45, 2.75) is 20.4 Å². The molecule has 1 N–H and O–H groups in total. The summed E-state index contributed by atoms with van der Waals surface area (Å²) in [4.78, 5) is 29.3. The van der Waals surface area contributed by atoms with Crippen molar-refractivity contribution in [3.8, 4) is 11.3 Å². The molecular formula is C23H20N4O2. The Morgan fingerprint density at radius 1 is 1.03 bits per heavy atom. The van der Waals surface area contributed by atoms with Crippen molar-refractivity contribution in [3.63, 3.8) is 0 Å². The van der Waals surface area contributed by atoms with E-state index in [2.05, 4.69) is 10.4 Å². The molecule has 2 aromatic carbocycles. The molecule has 6 nitrogen and oxygen atoms in total. The minimum absolute atomic E-state index is 0.0156. The van der Waals surface area contributed by atoms with E-state index in [-0.39, 0.29) is 11.7 Å². The van der Waals surface area contributed by atoms with Gasteiger partial charge in [0.1, 0.15) is 0 Å². The molecule has 0 aliphatic rings. The highest BCUT2D eigenvalue weighted by Gasteiger charge is 2.17. The van der Waals surface area contributed by atoms with Crippen molar-refractivity contribution < 1.29 is 9.59 Å². The van der Waals surface area contributed by atoms with Crippen LogP contribution in [0.25, 0.3) is 22.3 Å². The number of rotatable bonds is 5. The lowest BCUT2D eigenvalue weighted by Crippen LogP contribution is -2.13. The fraction of sp³-hybridized carbons (Fsp3) is 0.130. The van der Waals surface area contributed by atoms with Gasteiger partial charge in [0.15, 0.2) is 11.4 Å². The molecular weight excluding hydrogens is 364 g/mol. The maximum Gasteiger partial charge on any atom is 0.256 e. The SMILES string of the molecule is CCn1ncc2c(C(=O)Nc3ccc(C(C)=O)cc3)cc(-c3ccccc3)nc21. The van der Waals surface area contributed by atoms with Gasteiger partial charge in [0.05, 0.1) is 22.8 Å². The molecule has 29 heavy (non-hydrogen) atoms. The third-order valence-corrected chi connectivity index (χ3v) is 4.77. The highest BCUT2D eigenvalue weighted by Crippen LogP contribution is 2.25. The highest BCUT2D eigenvalue weighted by molar-refractivity contribution is 6.12. The molecule has 0 aliphatic carbocycles. The number of fused-ring (bicyclic) bond motifs is 1. The Morgan fingerprint density at radius 3 is 2.41 bits per heavy atom. The summed E-state index contributed by atoms with van der Waals surface area (Å²) in [7, 11) is 0. The van der Waals surface area contributed by atoms with Crippen molar-refractivity contribution in [1.82, 2.24) is 14.8 Å². The summed E-state index contributed by atoms with van der Waals surface area (Å²) in [5, 5.41) is 7.97. The average Bonchev–Trinajstić information content (AvgIpc) is 3.17. The topological polar surface area (TPSA) is 76.9 Å². The van der Waals surface area contributed by atoms with E-state index < -0.39 is 0 Å². The molecule has 1 amide bonds. The molecule has 0 atom stereocenters. The first kappa shape index (κ1) is 18.6. The fourth-order valence-electron chi connectivity index (χ4n) is 3.21. The number of nitrogens with zero attached hydrogens (tertiary/aromatic N) is 3. The van der Waals surface area contributed by atoms with Gasteiger partial charge in [-0.3, -0.25) is 9.59 Å². The maximum atomic E-state index is 13.1. The minimum atomic E-state index is -0.249. The Bertz CT molecular complexity index is 1200. The number of nitrogens with one attached hydrogen (secondary N) is 1. The summed E-state index contributed by atoms with van der Waals surface area (Å²) in [5.41, 5.74) is 4.04. The number of aryl methyl sites for hydroxylation is 1. The predicted octanol–water partition coefficient (Wildman–Crippen LogP) is 4.57. The lowest BCUT2D eigenvalue weighted by molar-refractivity contribution is 0.101. The molecule has 0 bridgehead atoms. The van der Waals surface area contributed by atoms with Crippen LogP contribution in [0.3, 0.4) is 0 Å². The van der Waals surface area contributed by atoms with Gasteiger partial charge in [-0.25, -0.2) is 9.67 Å². The quantitative estimate of drug-likeness (QED) is 0.511. The molecule has 4 rings (SSSR count). The Kier molecular flexibility index (Phi) is 4.91. The van der Waals surface area contributed by atoms with Crippen LogP contribution in [-0.2, 0) is 6.54 Å². The first-order chi connectivity index (χ1) is 14.1. The number of carbonyl (C=O) groups excluding carboxylic acids is 2. The summed E-state index contributed by atoms with van der Waals surface area (Å²) in [5.74, 6) is -0.265. The van der Waals surface area contributed by atoms with Crippen LogP contribution in [-0.4, -0.2) is 26.5 Å². The summed E-state index contributed by atoms with van der Waals surface area (Å²) in [6.45, 7) is 4.15. The third-order valence-electron chi connectivity index (χ3n) is 4.77. The van der Waals surface area contributed by atoms with Crippen molar-refractivity contribution in [1.29, 1.82) is 0 Å². The lowest BCUT2D eigenvalue weighted by atomic mass is 10.1. The second kappa shape index (κ2) is 7.67. The predicted molar refractivity (Wildman–Crippen MR) is 113 cm³/mol. The zero-order valence-corrected chi connectivity index (χ0v) is 16.2. The summed E-state index contributed by atoms with van der Waals surface area (Å²) in [6, 6.07) is 18.4. The normalized spacial score (nSPS) is 10.8. The van der Waals surface area contributed by atoms with E-state index in [0.29, 0.717) is 40.1 Å². The molecule has 0 saturated carbocycles. The minimum Gasteiger partial charge on any atom is -0.322 e. The number of aromatic nitrogens is 3. The van der Waals surface area contributed by atoms with Crippen LogP contribution < -0.4 is 5.32 Å². The van der Waals surface area contributed by atoms with Crippen LogP contribution in [0.15, 0.2) is 66.9 Å². The lowest BCUT2D eigenvalue weighted by Gasteiger charge is -2.10. The van der Waals surface area contributed by atoms with E-state index in [9.17, 15) is 9.59 Å². The molecule has 2 aromatic heterocycles. The molecule has 0 saturated heterocycles. The molecule has 2 heterocycles. The number of hydrogen-bond acceptors (Lipinski definition) is 4. The molecule has 0 fully saturated rings. The van der Waals surface area contributed by atoms with Crippen molar-refractivity contribution >= 4 is 28.4 Å². The van der Waals surface area contributed by atoms with Gasteiger partial charge >= 0.3 is 0 Å². The van der Waals surface area contributed by atoms with Crippen LogP contribution in [0.5, 0.6) is 0 Å². The van der Waals surface area contributed by atoms with Crippen LogP contribution in [0.2, 0.25) is 0 Å². The number of carbonyl (C=O) groups is 2. The van der Waals surface area contributed by atoms with Crippen LogP contribution in [0.1, 0.15) is 34.6 Å². The number of benzene rings is 2. The van der Waals surface area contributed by atoms with Gasteiger partial charge in [0, 0.05) is 23.4 Å². The van der Waals surface area contributed by atoms with E-state index in [4.69, 9.17) is 4.98 Å². The standard InChI is InChI=1S/C23H20N4O2/c1-3-27-22-20(14-24-27)19(13-21(26-22)17-7-5-4-6-8-17)23(29)25-18-11-9-16(10-12-18)15(2)28/h4-14H,3H2,1-2H3,(H,25,29). The number of ketones is 1. The van der Waals surface area contributed by atoms with E-state index >= 15 is 0 Å². The summed E-state index contributed by atoms with van der Waals surface area (Å²) < 4.78 is 1.78. The number of hydrogen-bond donors (Lipinski definition) is 1. The first-order valence-electron chi connectivity index (χ1n) is 9.41. The van der Waals surface area contributed by atoms with Gasteiger partial charge < -0.3 is 5.32 Å². The van der Waals surface area contributed by atoms with Crippen molar-refractivity contribution in [3.05, 3.63) is 78.0 Å². The number of anilines is 1. The first-order valence-corrected chi connectivity index (χ1v) is 9.41. The molecule has 0 spiro atoms. The number of amides is 1. The zero-order valence-electron chi connectivity index (χ0n) is 16.2. The van der Waals surface area contributed by atoms with Crippen LogP contribution >= 0.6 is 0 Å². The Labute approximate surface area is 168 Å². The van der Waals surface area contributed by atoms with Gasteiger partial charge in [-0.15, -0.1) is 0 Å². The molecule has 0 unspecified atom stereocenters. The maximum absolute atomic E-state index is 13.1. The van der Waals surface area contributed by atoms with E-state index in [1.165, 1.54) is 6.92 Å². The van der Waals surface area contributed by atoms with Gasteiger partial charge in [-0.1, -0.05) is 30.3 Å². The van der Waals surface area contributed by atoms with Crippen LogP contribution in [0, 0.1) is 0 Å².